The standard InChI is InChI=1S/C16H13Cl2N3O5S/c1-2-26-13-4-3-8(5-12(13)21(24)25)15(23)20-16(27)19-11-7-9(17)6-10(18)14(11)22/h3-7,22H,2H2,1H3,(H2,19,20,23,27). The van der Waals surface area contributed by atoms with Crippen LogP contribution in [0.15, 0.2) is 30.3 Å². The van der Waals surface area contributed by atoms with Crippen LogP contribution in [-0.4, -0.2) is 27.7 Å². The van der Waals surface area contributed by atoms with Crippen molar-refractivity contribution in [2.75, 3.05) is 11.9 Å². The zero-order valence-corrected chi connectivity index (χ0v) is 16.1. The molecule has 2 rings (SSSR count). The maximum Gasteiger partial charge on any atom is 0.311 e. The van der Waals surface area contributed by atoms with Crippen molar-refractivity contribution < 1.29 is 19.6 Å². The highest BCUT2D eigenvalue weighted by atomic mass is 35.5. The van der Waals surface area contributed by atoms with Gasteiger partial charge in [-0.05, 0) is 43.4 Å². The van der Waals surface area contributed by atoms with Crippen molar-refractivity contribution in [1.82, 2.24) is 5.32 Å². The topological polar surface area (TPSA) is 114 Å². The van der Waals surface area contributed by atoms with Crippen LogP contribution < -0.4 is 15.4 Å². The number of hydrogen-bond donors (Lipinski definition) is 3. The van der Waals surface area contributed by atoms with Gasteiger partial charge in [0.1, 0.15) is 0 Å². The van der Waals surface area contributed by atoms with Crippen molar-refractivity contribution in [3.63, 3.8) is 0 Å². The molecule has 0 aliphatic rings. The van der Waals surface area contributed by atoms with E-state index in [1.54, 1.807) is 6.92 Å². The quantitative estimate of drug-likeness (QED) is 0.283. The number of ether oxygens (including phenoxy) is 1. The third-order valence-electron chi connectivity index (χ3n) is 3.22. The van der Waals surface area contributed by atoms with Gasteiger partial charge in [0, 0.05) is 16.7 Å². The lowest BCUT2D eigenvalue weighted by molar-refractivity contribution is -0.385. The molecule has 3 N–H and O–H groups in total. The summed E-state index contributed by atoms with van der Waals surface area (Å²) < 4.78 is 5.16. The minimum absolute atomic E-state index is 0.00117. The van der Waals surface area contributed by atoms with E-state index in [1.807, 2.05) is 0 Å². The lowest BCUT2D eigenvalue weighted by Crippen LogP contribution is -2.34. The summed E-state index contributed by atoms with van der Waals surface area (Å²) >= 11 is 16.7. The third kappa shape index (κ3) is 5.19. The lowest BCUT2D eigenvalue weighted by Gasteiger charge is -2.12. The zero-order chi connectivity index (χ0) is 20.1. The number of phenolic OH excluding ortho intramolecular Hbond substituents is 1. The fourth-order valence-corrected chi connectivity index (χ4v) is 2.77. The van der Waals surface area contributed by atoms with E-state index >= 15 is 0 Å². The SMILES string of the molecule is CCOc1ccc(C(=O)NC(=S)Nc2cc(Cl)cc(Cl)c2O)cc1[N+](=O)[O-]. The van der Waals surface area contributed by atoms with Gasteiger partial charge in [0.25, 0.3) is 5.91 Å². The predicted molar refractivity (Wildman–Crippen MR) is 106 cm³/mol. The van der Waals surface area contributed by atoms with Crippen LogP contribution in [0.2, 0.25) is 10.0 Å². The van der Waals surface area contributed by atoms with Crippen molar-refractivity contribution in [3.05, 3.63) is 56.1 Å². The molecule has 0 aliphatic heterocycles. The number of phenols is 1. The fourth-order valence-electron chi connectivity index (χ4n) is 2.07. The summed E-state index contributed by atoms with van der Waals surface area (Å²) in [6.45, 7) is 1.93. The number of nitro benzene ring substituents is 1. The van der Waals surface area contributed by atoms with Gasteiger partial charge in [-0.25, -0.2) is 0 Å². The maximum absolute atomic E-state index is 12.3. The highest BCUT2D eigenvalue weighted by molar-refractivity contribution is 7.80. The Morgan fingerprint density at radius 2 is 2.04 bits per heavy atom. The number of nitrogens with one attached hydrogen (secondary N) is 2. The Morgan fingerprint density at radius 3 is 2.67 bits per heavy atom. The van der Waals surface area contributed by atoms with E-state index in [9.17, 15) is 20.0 Å². The molecule has 8 nitrogen and oxygen atoms in total. The average Bonchev–Trinajstić information content (AvgIpc) is 2.59. The van der Waals surface area contributed by atoms with Gasteiger partial charge in [0.15, 0.2) is 16.6 Å². The minimum Gasteiger partial charge on any atom is -0.504 e. The number of carbonyl (C=O) groups excluding carboxylic acids is 1. The van der Waals surface area contributed by atoms with Crippen LogP contribution in [0, 0.1) is 10.1 Å². The molecule has 0 fully saturated rings. The highest BCUT2D eigenvalue weighted by Crippen LogP contribution is 2.35. The van der Waals surface area contributed by atoms with Crippen LogP contribution in [0.4, 0.5) is 11.4 Å². The van der Waals surface area contributed by atoms with Crippen molar-refractivity contribution >= 4 is 57.8 Å². The zero-order valence-electron chi connectivity index (χ0n) is 13.8. The van der Waals surface area contributed by atoms with E-state index in [4.69, 9.17) is 40.2 Å². The van der Waals surface area contributed by atoms with Crippen molar-refractivity contribution in [3.8, 4) is 11.5 Å². The number of nitro groups is 1. The van der Waals surface area contributed by atoms with Gasteiger partial charge in [-0.3, -0.25) is 20.2 Å². The van der Waals surface area contributed by atoms with Gasteiger partial charge < -0.3 is 15.2 Å². The second-order valence-electron chi connectivity index (χ2n) is 5.06. The van der Waals surface area contributed by atoms with Gasteiger partial charge in [-0.1, -0.05) is 23.2 Å². The largest absolute Gasteiger partial charge is 0.504 e. The molecule has 0 saturated carbocycles. The Labute approximate surface area is 169 Å². The molecule has 2 aromatic rings. The molecule has 0 aliphatic carbocycles. The lowest BCUT2D eigenvalue weighted by atomic mass is 10.1. The molecular formula is C16H13Cl2N3O5S. The third-order valence-corrected chi connectivity index (χ3v) is 3.93. The summed E-state index contributed by atoms with van der Waals surface area (Å²) in [5.74, 6) is -0.932. The second kappa shape index (κ2) is 8.85. The Morgan fingerprint density at radius 1 is 1.33 bits per heavy atom. The smallest absolute Gasteiger partial charge is 0.311 e. The van der Waals surface area contributed by atoms with Crippen LogP contribution in [0.3, 0.4) is 0 Å². The number of thiocarbonyl (C=S) groups is 1. The Hall–Kier alpha value is -2.62. The summed E-state index contributed by atoms with van der Waals surface area (Å²) in [5.41, 5.74) is -0.249. The number of aromatic hydroxyl groups is 1. The summed E-state index contributed by atoms with van der Waals surface area (Å²) in [7, 11) is 0. The van der Waals surface area contributed by atoms with Crippen LogP contribution in [-0.2, 0) is 0 Å². The molecule has 0 radical (unpaired) electrons. The van der Waals surface area contributed by atoms with Crippen LogP contribution in [0.5, 0.6) is 11.5 Å². The fraction of sp³-hybridized carbons (Fsp3) is 0.125. The van der Waals surface area contributed by atoms with Crippen molar-refractivity contribution in [1.29, 1.82) is 0 Å². The molecule has 0 atom stereocenters. The summed E-state index contributed by atoms with van der Waals surface area (Å²) in [4.78, 5) is 22.8. The number of benzene rings is 2. The second-order valence-corrected chi connectivity index (χ2v) is 6.32. The molecule has 27 heavy (non-hydrogen) atoms. The van der Waals surface area contributed by atoms with Crippen LogP contribution in [0.1, 0.15) is 17.3 Å². The number of nitrogens with zero attached hydrogens (tertiary/aromatic N) is 1. The molecule has 0 saturated heterocycles. The normalized spacial score (nSPS) is 10.2. The maximum atomic E-state index is 12.3. The summed E-state index contributed by atoms with van der Waals surface area (Å²) in [5, 5.41) is 26.0. The molecule has 0 aromatic heterocycles. The molecule has 0 bridgehead atoms. The first-order valence-corrected chi connectivity index (χ1v) is 8.61. The highest BCUT2D eigenvalue weighted by Gasteiger charge is 2.19. The van der Waals surface area contributed by atoms with E-state index in [1.165, 1.54) is 24.3 Å². The molecule has 1 amide bonds. The van der Waals surface area contributed by atoms with Crippen molar-refractivity contribution in [2.24, 2.45) is 0 Å². The number of rotatable bonds is 5. The minimum atomic E-state index is -0.689. The monoisotopic (exact) mass is 429 g/mol. The first-order chi connectivity index (χ1) is 12.7. The van der Waals surface area contributed by atoms with Gasteiger partial charge in [-0.15, -0.1) is 0 Å². The van der Waals surface area contributed by atoms with E-state index in [2.05, 4.69) is 10.6 Å². The van der Waals surface area contributed by atoms with Crippen LogP contribution >= 0.6 is 35.4 Å². The van der Waals surface area contributed by atoms with E-state index in [0.29, 0.717) is 0 Å². The number of hydrogen-bond acceptors (Lipinski definition) is 6. The first-order valence-electron chi connectivity index (χ1n) is 7.44. The number of carbonyl (C=O) groups is 1. The first kappa shape index (κ1) is 20.7. The van der Waals surface area contributed by atoms with E-state index < -0.39 is 10.8 Å². The van der Waals surface area contributed by atoms with Gasteiger partial charge >= 0.3 is 5.69 Å². The predicted octanol–water partition coefficient (Wildman–Crippen LogP) is 4.13. The van der Waals surface area contributed by atoms with Gasteiger partial charge in [-0.2, -0.15) is 0 Å². The molecular weight excluding hydrogens is 417 g/mol. The van der Waals surface area contributed by atoms with E-state index in [-0.39, 0.29) is 50.2 Å². The molecule has 11 heteroatoms. The van der Waals surface area contributed by atoms with Crippen molar-refractivity contribution in [2.45, 2.75) is 6.92 Å². The Balaban J connectivity index is 2.16. The number of halogens is 2. The van der Waals surface area contributed by atoms with Crippen LogP contribution in [0.25, 0.3) is 0 Å². The molecule has 0 unspecified atom stereocenters. The Bertz CT molecular complexity index is 923. The molecule has 0 spiro atoms. The summed E-state index contributed by atoms with van der Waals surface area (Å²) in [6, 6.07) is 6.48. The summed E-state index contributed by atoms with van der Waals surface area (Å²) in [6.07, 6.45) is 0. The number of anilines is 1. The van der Waals surface area contributed by atoms with Gasteiger partial charge in [0.05, 0.1) is 22.2 Å². The number of amides is 1. The van der Waals surface area contributed by atoms with Gasteiger partial charge in [0.2, 0.25) is 0 Å². The molecule has 2 aromatic carbocycles. The molecule has 0 heterocycles. The average molecular weight is 430 g/mol. The van der Waals surface area contributed by atoms with E-state index in [0.717, 1.165) is 6.07 Å². The molecule has 142 valence electrons. The Kier molecular flexibility index (Phi) is 6.78.